The topological polar surface area (TPSA) is 109 Å². The normalized spacial score (nSPS) is 12.1. The van der Waals surface area contributed by atoms with E-state index < -0.39 is 23.6 Å². The maximum Gasteiger partial charge on any atom is 0.408 e. The van der Waals surface area contributed by atoms with Crippen LogP contribution in [-0.2, 0) is 16.0 Å². The number of aromatic nitrogens is 3. The number of halogens is 1. The number of anilines is 1. The molecule has 0 saturated carbocycles. The monoisotopic (exact) mass is 551 g/mol. The summed E-state index contributed by atoms with van der Waals surface area (Å²) in [5.74, 6) is -0.463. The summed E-state index contributed by atoms with van der Waals surface area (Å²) in [6.45, 7) is 5.28. The largest absolute Gasteiger partial charge is 0.444 e. The summed E-state index contributed by atoms with van der Waals surface area (Å²) < 4.78 is 19.1. The molecule has 2 aromatic carbocycles. The van der Waals surface area contributed by atoms with E-state index >= 15 is 0 Å². The van der Waals surface area contributed by atoms with E-state index in [4.69, 9.17) is 4.74 Å². The number of rotatable bonds is 7. The van der Waals surface area contributed by atoms with Gasteiger partial charge in [-0.05, 0) is 86.0 Å². The Balaban J connectivity index is 1.46. The Morgan fingerprint density at radius 2 is 1.63 bits per heavy atom. The van der Waals surface area contributed by atoms with Crippen molar-refractivity contribution < 1.29 is 18.7 Å². The molecule has 0 bridgehead atoms. The second-order valence-corrected chi connectivity index (χ2v) is 10.6. The molecule has 41 heavy (non-hydrogen) atoms. The number of aromatic amines is 1. The van der Waals surface area contributed by atoms with Crippen LogP contribution in [0.2, 0.25) is 0 Å². The van der Waals surface area contributed by atoms with E-state index in [-0.39, 0.29) is 12.2 Å². The summed E-state index contributed by atoms with van der Waals surface area (Å²) in [4.78, 5) is 38.1. The highest BCUT2D eigenvalue weighted by Crippen LogP contribution is 2.38. The highest BCUT2D eigenvalue weighted by molar-refractivity contribution is 6.04. The van der Waals surface area contributed by atoms with Gasteiger partial charge in [-0.25, -0.2) is 14.2 Å². The van der Waals surface area contributed by atoms with Crippen molar-refractivity contribution in [3.63, 3.8) is 0 Å². The first-order valence-electron chi connectivity index (χ1n) is 13.2. The molecule has 0 saturated heterocycles. The number of pyridine rings is 2. The van der Waals surface area contributed by atoms with Crippen molar-refractivity contribution in [3.8, 4) is 22.4 Å². The molecule has 5 aromatic rings. The Hall–Kier alpha value is -5.05. The van der Waals surface area contributed by atoms with Crippen LogP contribution in [0, 0.1) is 5.82 Å². The maximum absolute atomic E-state index is 13.7. The molecule has 0 radical (unpaired) electrons. The molecule has 0 spiro atoms. The van der Waals surface area contributed by atoms with E-state index in [1.54, 1.807) is 51.4 Å². The summed E-state index contributed by atoms with van der Waals surface area (Å²) in [6.07, 6.45) is 2.98. The summed E-state index contributed by atoms with van der Waals surface area (Å²) >= 11 is 0. The molecule has 3 heterocycles. The molecule has 5 rings (SSSR count). The zero-order chi connectivity index (χ0) is 29.0. The van der Waals surface area contributed by atoms with Gasteiger partial charge in [0, 0.05) is 29.8 Å². The first kappa shape index (κ1) is 27.5. The number of ether oxygens (including phenoxy) is 1. The van der Waals surface area contributed by atoms with Crippen molar-refractivity contribution in [1.82, 2.24) is 20.3 Å². The Kier molecular flexibility index (Phi) is 7.78. The predicted molar refractivity (Wildman–Crippen MR) is 157 cm³/mol. The minimum Gasteiger partial charge on any atom is -0.444 e. The van der Waals surface area contributed by atoms with E-state index in [0.29, 0.717) is 11.5 Å². The minimum absolute atomic E-state index is 0.261. The quantitative estimate of drug-likeness (QED) is 0.214. The van der Waals surface area contributed by atoms with E-state index in [9.17, 15) is 14.0 Å². The molecule has 3 aromatic heterocycles. The first-order chi connectivity index (χ1) is 19.7. The van der Waals surface area contributed by atoms with Crippen LogP contribution in [0.5, 0.6) is 0 Å². The second kappa shape index (κ2) is 11.6. The SMILES string of the molecule is CC(C)(C)OC(=O)N[C@@H](Cc1ccccc1)C(=O)Nc1ccc2c(-c3ccncc3)c(-c3ccc(F)cc3)[nH]c2n1. The molecule has 0 unspecified atom stereocenters. The number of H-pyrrole nitrogens is 1. The zero-order valence-corrected chi connectivity index (χ0v) is 22.9. The number of fused-ring (bicyclic) bond motifs is 1. The van der Waals surface area contributed by atoms with Crippen molar-refractivity contribution in [1.29, 1.82) is 0 Å². The number of nitrogens with one attached hydrogen (secondary N) is 3. The van der Waals surface area contributed by atoms with Crippen LogP contribution in [0.15, 0.2) is 91.3 Å². The smallest absolute Gasteiger partial charge is 0.408 e. The number of amides is 2. The van der Waals surface area contributed by atoms with Crippen LogP contribution in [-0.4, -0.2) is 38.6 Å². The van der Waals surface area contributed by atoms with Gasteiger partial charge < -0.3 is 20.4 Å². The van der Waals surface area contributed by atoms with Gasteiger partial charge in [-0.2, -0.15) is 0 Å². The Morgan fingerprint density at radius 1 is 0.927 bits per heavy atom. The van der Waals surface area contributed by atoms with Gasteiger partial charge in [0.05, 0.1) is 5.69 Å². The molecule has 0 aliphatic heterocycles. The van der Waals surface area contributed by atoms with Crippen LogP contribution < -0.4 is 10.6 Å². The van der Waals surface area contributed by atoms with Crippen LogP contribution in [0.25, 0.3) is 33.4 Å². The van der Waals surface area contributed by atoms with Gasteiger partial charge >= 0.3 is 6.09 Å². The molecule has 0 aliphatic rings. The minimum atomic E-state index is -0.907. The van der Waals surface area contributed by atoms with Gasteiger partial charge in [0.2, 0.25) is 5.91 Å². The van der Waals surface area contributed by atoms with E-state index in [1.165, 1.54) is 12.1 Å². The number of carbonyl (C=O) groups is 2. The van der Waals surface area contributed by atoms with Crippen molar-refractivity contribution in [2.75, 3.05) is 5.32 Å². The molecule has 8 nitrogen and oxygen atoms in total. The molecule has 1 atom stereocenters. The number of nitrogens with zero attached hydrogens (tertiary/aromatic N) is 2. The van der Waals surface area contributed by atoms with E-state index in [0.717, 1.165) is 33.3 Å². The lowest BCUT2D eigenvalue weighted by molar-refractivity contribution is -0.118. The predicted octanol–water partition coefficient (Wildman–Crippen LogP) is 6.51. The molecule has 3 N–H and O–H groups in total. The molecule has 2 amide bonds. The highest BCUT2D eigenvalue weighted by atomic mass is 19.1. The lowest BCUT2D eigenvalue weighted by Gasteiger charge is -2.23. The second-order valence-electron chi connectivity index (χ2n) is 10.6. The van der Waals surface area contributed by atoms with Crippen molar-refractivity contribution in [2.24, 2.45) is 0 Å². The van der Waals surface area contributed by atoms with Gasteiger partial charge in [0.1, 0.15) is 28.9 Å². The summed E-state index contributed by atoms with van der Waals surface area (Å²) in [6, 6.07) is 22.1. The lowest BCUT2D eigenvalue weighted by atomic mass is 10.00. The number of hydrogen-bond acceptors (Lipinski definition) is 5. The van der Waals surface area contributed by atoms with Crippen LogP contribution in [0.1, 0.15) is 26.3 Å². The molecular weight excluding hydrogens is 521 g/mol. The average molecular weight is 552 g/mol. The fourth-order valence-corrected chi connectivity index (χ4v) is 4.52. The van der Waals surface area contributed by atoms with Crippen LogP contribution in [0.3, 0.4) is 0 Å². The van der Waals surface area contributed by atoms with Crippen LogP contribution >= 0.6 is 0 Å². The van der Waals surface area contributed by atoms with Gasteiger partial charge in [-0.3, -0.25) is 9.78 Å². The third kappa shape index (κ3) is 6.75. The first-order valence-corrected chi connectivity index (χ1v) is 13.2. The van der Waals surface area contributed by atoms with Crippen molar-refractivity contribution in [2.45, 2.75) is 38.8 Å². The molecule has 208 valence electrons. The fraction of sp³-hybridized carbons (Fsp3) is 0.188. The van der Waals surface area contributed by atoms with Gasteiger partial charge in [-0.15, -0.1) is 0 Å². The van der Waals surface area contributed by atoms with Crippen molar-refractivity contribution >= 4 is 28.9 Å². The van der Waals surface area contributed by atoms with Gasteiger partial charge in [-0.1, -0.05) is 30.3 Å². The highest BCUT2D eigenvalue weighted by Gasteiger charge is 2.25. The van der Waals surface area contributed by atoms with E-state index in [2.05, 4.69) is 25.6 Å². The van der Waals surface area contributed by atoms with Crippen LogP contribution in [0.4, 0.5) is 15.0 Å². The number of carbonyl (C=O) groups excluding carboxylic acids is 2. The Morgan fingerprint density at radius 3 is 2.32 bits per heavy atom. The van der Waals surface area contributed by atoms with Gasteiger partial charge in [0.25, 0.3) is 0 Å². The van der Waals surface area contributed by atoms with Gasteiger partial charge in [0.15, 0.2) is 0 Å². The standard InChI is InChI=1S/C32H30FN5O3/c1-32(2,3)41-31(40)35-25(19-20-7-5-4-6-8-20)30(39)37-26-14-13-24-27(21-15-17-34-18-16-21)28(38-29(24)36-26)22-9-11-23(33)12-10-22/h4-18,25H,19H2,1-3H3,(H,35,40)(H2,36,37,38,39)/t25-/m0/s1. The number of benzene rings is 2. The van der Waals surface area contributed by atoms with Crippen molar-refractivity contribution in [3.05, 3.63) is 103 Å². The fourth-order valence-electron chi connectivity index (χ4n) is 4.52. The number of alkyl carbamates (subject to hydrolysis) is 1. The average Bonchev–Trinajstić information content (AvgIpc) is 3.32. The third-order valence-corrected chi connectivity index (χ3v) is 6.30. The van der Waals surface area contributed by atoms with E-state index in [1.807, 2.05) is 48.5 Å². The lowest BCUT2D eigenvalue weighted by Crippen LogP contribution is -2.47. The Bertz CT molecular complexity index is 1660. The molecule has 9 heteroatoms. The zero-order valence-electron chi connectivity index (χ0n) is 22.9. The molecular formula is C32H30FN5O3. The summed E-state index contributed by atoms with van der Waals surface area (Å²) in [7, 11) is 0. The maximum atomic E-state index is 13.7. The number of hydrogen-bond donors (Lipinski definition) is 3. The Labute approximate surface area is 237 Å². The summed E-state index contributed by atoms with van der Waals surface area (Å²) in [5, 5.41) is 6.35. The third-order valence-electron chi connectivity index (χ3n) is 6.30. The molecule has 0 fully saturated rings. The molecule has 0 aliphatic carbocycles. The summed E-state index contributed by atoms with van der Waals surface area (Å²) in [5.41, 5.74) is 4.03.